The molecule has 1 heterocycles. The van der Waals surface area contributed by atoms with Crippen molar-refractivity contribution in [3.8, 4) is 5.75 Å². The van der Waals surface area contributed by atoms with Gasteiger partial charge in [-0.1, -0.05) is 12.1 Å². The molecule has 2 aromatic rings. The van der Waals surface area contributed by atoms with Crippen LogP contribution in [0, 0.1) is 6.92 Å². The molecule has 5 nitrogen and oxygen atoms in total. The van der Waals surface area contributed by atoms with Gasteiger partial charge in [0.2, 0.25) is 0 Å². The van der Waals surface area contributed by atoms with E-state index in [4.69, 9.17) is 17.0 Å². The number of H-pyrrole nitrogens is 1. The van der Waals surface area contributed by atoms with Crippen LogP contribution in [0.25, 0.3) is 0 Å². The van der Waals surface area contributed by atoms with Crippen molar-refractivity contribution in [2.75, 3.05) is 17.7 Å². The molecule has 2 rings (SSSR count). The molecule has 0 radical (unpaired) electrons. The normalized spacial score (nSPS) is 9.89. The molecule has 0 amide bonds. The number of aryl methyl sites for hydroxylation is 1. The number of rotatable bonds is 3. The molecular formula is C12H14N4OS. The van der Waals surface area contributed by atoms with E-state index in [-0.39, 0.29) is 0 Å². The number of aromatic amines is 1. The summed E-state index contributed by atoms with van der Waals surface area (Å²) in [7, 11) is 1.62. The van der Waals surface area contributed by atoms with Crippen LogP contribution in [-0.4, -0.2) is 22.4 Å². The van der Waals surface area contributed by atoms with Gasteiger partial charge in [0.25, 0.3) is 0 Å². The molecule has 0 aliphatic carbocycles. The van der Waals surface area contributed by atoms with Crippen molar-refractivity contribution in [3.05, 3.63) is 36.0 Å². The molecule has 3 N–H and O–H groups in total. The summed E-state index contributed by atoms with van der Waals surface area (Å²) in [5, 5.41) is 13.4. The number of ether oxygens (including phenoxy) is 1. The summed E-state index contributed by atoms with van der Waals surface area (Å²) < 4.78 is 5.23. The number of para-hydroxylation sites is 2. The monoisotopic (exact) mass is 262 g/mol. The minimum atomic E-state index is 0.464. The zero-order chi connectivity index (χ0) is 13.0. The molecule has 1 aromatic heterocycles. The van der Waals surface area contributed by atoms with Crippen LogP contribution in [-0.2, 0) is 0 Å². The van der Waals surface area contributed by atoms with Gasteiger partial charge in [0.05, 0.1) is 12.8 Å². The Kier molecular flexibility index (Phi) is 3.78. The summed E-state index contributed by atoms with van der Waals surface area (Å²) in [6, 6.07) is 9.44. The zero-order valence-electron chi connectivity index (χ0n) is 10.2. The van der Waals surface area contributed by atoms with Crippen LogP contribution >= 0.6 is 12.2 Å². The third-order valence-corrected chi connectivity index (χ3v) is 2.51. The van der Waals surface area contributed by atoms with Gasteiger partial charge in [-0.2, -0.15) is 5.10 Å². The van der Waals surface area contributed by atoms with Crippen molar-refractivity contribution in [1.82, 2.24) is 10.2 Å². The van der Waals surface area contributed by atoms with E-state index >= 15 is 0 Å². The quantitative estimate of drug-likeness (QED) is 0.742. The third kappa shape index (κ3) is 2.98. The lowest BCUT2D eigenvalue weighted by atomic mass is 10.3. The average Bonchev–Trinajstić information content (AvgIpc) is 2.75. The van der Waals surface area contributed by atoms with Crippen LogP contribution < -0.4 is 15.4 Å². The number of thiocarbonyl (C=S) groups is 1. The summed E-state index contributed by atoms with van der Waals surface area (Å²) >= 11 is 5.20. The van der Waals surface area contributed by atoms with Gasteiger partial charge in [0, 0.05) is 11.8 Å². The number of nitrogens with zero attached hydrogens (tertiary/aromatic N) is 1. The number of hydrogen-bond donors (Lipinski definition) is 3. The fourth-order valence-electron chi connectivity index (χ4n) is 1.50. The van der Waals surface area contributed by atoms with E-state index < -0.39 is 0 Å². The Morgan fingerprint density at radius 1 is 1.33 bits per heavy atom. The molecule has 0 spiro atoms. The summed E-state index contributed by atoms with van der Waals surface area (Å²) in [5.74, 6) is 1.42. The first-order valence-corrected chi connectivity index (χ1v) is 5.83. The highest BCUT2D eigenvalue weighted by atomic mass is 32.1. The second-order valence-corrected chi connectivity index (χ2v) is 4.12. The highest BCUT2D eigenvalue weighted by Crippen LogP contribution is 2.23. The van der Waals surface area contributed by atoms with E-state index in [0.717, 1.165) is 17.1 Å². The summed E-state index contributed by atoms with van der Waals surface area (Å²) in [4.78, 5) is 0. The largest absolute Gasteiger partial charge is 0.495 e. The van der Waals surface area contributed by atoms with Crippen molar-refractivity contribution in [2.45, 2.75) is 6.92 Å². The Morgan fingerprint density at radius 2 is 2.11 bits per heavy atom. The van der Waals surface area contributed by atoms with Crippen LogP contribution in [0.5, 0.6) is 5.75 Å². The molecule has 0 fully saturated rings. The van der Waals surface area contributed by atoms with Gasteiger partial charge in [-0.05, 0) is 31.3 Å². The Bertz CT molecular complexity index is 553. The molecule has 6 heteroatoms. The fraction of sp³-hybridized carbons (Fsp3) is 0.167. The topological polar surface area (TPSA) is 62.0 Å². The lowest BCUT2D eigenvalue weighted by Gasteiger charge is -2.11. The zero-order valence-corrected chi connectivity index (χ0v) is 11.0. The maximum Gasteiger partial charge on any atom is 0.176 e. The first-order chi connectivity index (χ1) is 8.69. The van der Waals surface area contributed by atoms with Crippen molar-refractivity contribution in [3.63, 3.8) is 0 Å². The lowest BCUT2D eigenvalue weighted by Crippen LogP contribution is -2.19. The Labute approximate surface area is 111 Å². The molecule has 0 saturated heterocycles. The lowest BCUT2D eigenvalue weighted by molar-refractivity contribution is 0.417. The van der Waals surface area contributed by atoms with E-state index in [1.54, 1.807) is 7.11 Å². The summed E-state index contributed by atoms with van der Waals surface area (Å²) in [6.07, 6.45) is 0. The number of benzene rings is 1. The van der Waals surface area contributed by atoms with Crippen molar-refractivity contribution in [1.29, 1.82) is 0 Å². The van der Waals surface area contributed by atoms with E-state index in [9.17, 15) is 0 Å². The number of aromatic nitrogens is 2. The van der Waals surface area contributed by atoms with Gasteiger partial charge in [-0.3, -0.25) is 5.10 Å². The number of hydrogen-bond acceptors (Lipinski definition) is 3. The maximum absolute atomic E-state index is 5.23. The van der Waals surface area contributed by atoms with Crippen LogP contribution in [0.3, 0.4) is 0 Å². The first-order valence-electron chi connectivity index (χ1n) is 5.42. The molecule has 0 atom stereocenters. The molecule has 94 valence electrons. The van der Waals surface area contributed by atoms with Gasteiger partial charge in [-0.25, -0.2) is 0 Å². The standard InChI is InChI=1S/C12H14N4OS/c1-8-7-11(16-15-8)14-12(18)13-9-5-3-4-6-10(9)17-2/h3-7H,1-2H3,(H3,13,14,15,16,18). The smallest absolute Gasteiger partial charge is 0.176 e. The van der Waals surface area contributed by atoms with E-state index in [2.05, 4.69) is 20.8 Å². The van der Waals surface area contributed by atoms with Crippen molar-refractivity contribution < 1.29 is 4.74 Å². The molecule has 0 unspecified atom stereocenters. The average molecular weight is 262 g/mol. The SMILES string of the molecule is COc1ccccc1NC(=S)Nc1cc(C)[nH]n1. The van der Waals surface area contributed by atoms with Crippen LogP contribution in [0.1, 0.15) is 5.69 Å². The molecule has 18 heavy (non-hydrogen) atoms. The predicted octanol–water partition coefficient (Wildman–Crippen LogP) is 2.54. The second kappa shape index (κ2) is 5.50. The first kappa shape index (κ1) is 12.4. The van der Waals surface area contributed by atoms with Gasteiger partial charge < -0.3 is 15.4 Å². The molecule has 0 aliphatic rings. The van der Waals surface area contributed by atoms with Gasteiger partial charge in [-0.15, -0.1) is 0 Å². The summed E-state index contributed by atoms with van der Waals surface area (Å²) in [6.45, 7) is 1.93. The maximum atomic E-state index is 5.23. The molecule has 0 bridgehead atoms. The van der Waals surface area contributed by atoms with Gasteiger partial charge in [0.1, 0.15) is 5.75 Å². The van der Waals surface area contributed by atoms with Crippen molar-refractivity contribution >= 4 is 28.8 Å². The van der Waals surface area contributed by atoms with E-state index in [1.807, 2.05) is 37.3 Å². The number of nitrogens with one attached hydrogen (secondary N) is 3. The molecule has 1 aromatic carbocycles. The van der Waals surface area contributed by atoms with E-state index in [0.29, 0.717) is 10.9 Å². The second-order valence-electron chi connectivity index (χ2n) is 3.72. The molecule has 0 aliphatic heterocycles. The Balaban J connectivity index is 2.03. The third-order valence-electron chi connectivity index (χ3n) is 2.30. The number of anilines is 2. The Hall–Kier alpha value is -2.08. The van der Waals surface area contributed by atoms with Gasteiger partial charge >= 0.3 is 0 Å². The fourth-order valence-corrected chi connectivity index (χ4v) is 1.71. The molecular weight excluding hydrogens is 248 g/mol. The van der Waals surface area contributed by atoms with Crippen molar-refractivity contribution in [2.24, 2.45) is 0 Å². The summed E-state index contributed by atoms with van der Waals surface area (Å²) in [5.41, 5.74) is 1.78. The van der Waals surface area contributed by atoms with Crippen LogP contribution in [0.15, 0.2) is 30.3 Å². The van der Waals surface area contributed by atoms with Crippen LogP contribution in [0.2, 0.25) is 0 Å². The minimum absolute atomic E-state index is 0.464. The number of methoxy groups -OCH3 is 1. The Morgan fingerprint density at radius 3 is 2.78 bits per heavy atom. The van der Waals surface area contributed by atoms with Crippen LogP contribution in [0.4, 0.5) is 11.5 Å². The highest BCUT2D eigenvalue weighted by molar-refractivity contribution is 7.80. The highest BCUT2D eigenvalue weighted by Gasteiger charge is 2.05. The molecule has 0 saturated carbocycles. The predicted molar refractivity (Wildman–Crippen MR) is 76.2 cm³/mol. The van der Waals surface area contributed by atoms with E-state index in [1.165, 1.54) is 0 Å². The van der Waals surface area contributed by atoms with Gasteiger partial charge in [0.15, 0.2) is 10.9 Å². The minimum Gasteiger partial charge on any atom is -0.495 e.